The first-order chi connectivity index (χ1) is 7.79. The van der Waals surface area contributed by atoms with Gasteiger partial charge in [0.2, 0.25) is 0 Å². The highest BCUT2D eigenvalue weighted by molar-refractivity contribution is 4.88. The topological polar surface area (TPSA) is 50.9 Å². The Balaban J connectivity index is 1.84. The monoisotopic (exact) mass is 223 g/mol. The predicted octanol–water partition coefficient (Wildman–Crippen LogP) is 1.78. The molecule has 90 valence electrons. The van der Waals surface area contributed by atoms with Crippen LogP contribution in [0.3, 0.4) is 0 Å². The van der Waals surface area contributed by atoms with E-state index in [2.05, 4.69) is 10.1 Å². The molecule has 4 heteroatoms. The first-order valence-corrected chi connectivity index (χ1v) is 6.34. The molecule has 4 nitrogen and oxygen atoms in total. The Morgan fingerprint density at radius 1 is 1.50 bits per heavy atom. The second-order valence-corrected chi connectivity index (χ2v) is 4.74. The summed E-state index contributed by atoms with van der Waals surface area (Å²) >= 11 is 0. The molecule has 0 aliphatic heterocycles. The van der Waals surface area contributed by atoms with Gasteiger partial charge in [0.05, 0.1) is 6.10 Å². The van der Waals surface area contributed by atoms with Crippen molar-refractivity contribution in [1.82, 2.24) is 14.8 Å². The second kappa shape index (κ2) is 5.43. The Kier molecular flexibility index (Phi) is 3.93. The molecular weight excluding hydrogens is 202 g/mol. The number of rotatable bonds is 5. The zero-order chi connectivity index (χ0) is 11.4. The van der Waals surface area contributed by atoms with Gasteiger partial charge in [0.25, 0.3) is 0 Å². The highest BCUT2D eigenvalue weighted by Gasteiger charge is 2.20. The summed E-state index contributed by atoms with van der Waals surface area (Å²) in [6.45, 7) is 2.87. The summed E-state index contributed by atoms with van der Waals surface area (Å²) in [7, 11) is 0. The fourth-order valence-corrected chi connectivity index (χ4v) is 2.64. The van der Waals surface area contributed by atoms with Crippen LogP contribution in [0.2, 0.25) is 0 Å². The van der Waals surface area contributed by atoms with Crippen molar-refractivity contribution in [2.24, 2.45) is 5.92 Å². The third-order valence-electron chi connectivity index (χ3n) is 3.49. The average molecular weight is 223 g/mol. The van der Waals surface area contributed by atoms with Crippen molar-refractivity contribution in [3.63, 3.8) is 0 Å². The van der Waals surface area contributed by atoms with Crippen LogP contribution in [-0.4, -0.2) is 26.0 Å². The fraction of sp³-hybridized carbons (Fsp3) is 0.833. The van der Waals surface area contributed by atoms with Gasteiger partial charge in [-0.3, -0.25) is 4.68 Å². The van der Waals surface area contributed by atoms with Crippen LogP contribution in [0.4, 0.5) is 0 Å². The molecular formula is C12H21N3O. The lowest BCUT2D eigenvalue weighted by molar-refractivity contribution is 0.139. The van der Waals surface area contributed by atoms with Crippen molar-refractivity contribution in [1.29, 1.82) is 0 Å². The molecule has 1 aliphatic carbocycles. The van der Waals surface area contributed by atoms with E-state index in [1.807, 2.05) is 11.6 Å². The zero-order valence-corrected chi connectivity index (χ0v) is 9.97. The van der Waals surface area contributed by atoms with Gasteiger partial charge < -0.3 is 5.11 Å². The molecule has 0 saturated heterocycles. The molecule has 1 aromatic heterocycles. The van der Waals surface area contributed by atoms with Gasteiger partial charge in [0.1, 0.15) is 12.2 Å². The molecule has 1 heterocycles. The van der Waals surface area contributed by atoms with E-state index in [0.717, 1.165) is 24.7 Å². The maximum absolute atomic E-state index is 10.0. The van der Waals surface area contributed by atoms with Gasteiger partial charge in [-0.25, -0.2) is 4.98 Å². The van der Waals surface area contributed by atoms with E-state index in [1.165, 1.54) is 25.7 Å². The van der Waals surface area contributed by atoms with Crippen LogP contribution in [0.25, 0.3) is 0 Å². The van der Waals surface area contributed by atoms with Gasteiger partial charge in [-0.1, -0.05) is 25.7 Å². The lowest BCUT2D eigenvalue weighted by atomic mass is 9.98. The van der Waals surface area contributed by atoms with E-state index in [9.17, 15) is 5.11 Å². The van der Waals surface area contributed by atoms with E-state index in [-0.39, 0.29) is 6.10 Å². The SMILES string of the molecule is CCn1ncnc1CC(O)CC1CCCC1. The molecule has 16 heavy (non-hydrogen) atoms. The number of aromatic nitrogens is 3. The molecule has 2 rings (SSSR count). The zero-order valence-electron chi connectivity index (χ0n) is 9.97. The summed E-state index contributed by atoms with van der Waals surface area (Å²) in [5, 5.41) is 14.1. The minimum absolute atomic E-state index is 0.252. The van der Waals surface area contributed by atoms with Gasteiger partial charge in [-0.05, 0) is 19.3 Å². The minimum Gasteiger partial charge on any atom is -0.393 e. The molecule has 1 aliphatic rings. The van der Waals surface area contributed by atoms with Crippen molar-refractivity contribution >= 4 is 0 Å². The molecule has 0 spiro atoms. The molecule has 1 saturated carbocycles. The van der Waals surface area contributed by atoms with Crippen LogP contribution in [0.1, 0.15) is 44.9 Å². The molecule has 0 bridgehead atoms. The fourth-order valence-electron chi connectivity index (χ4n) is 2.64. The smallest absolute Gasteiger partial charge is 0.138 e. The van der Waals surface area contributed by atoms with Crippen LogP contribution in [-0.2, 0) is 13.0 Å². The normalized spacial score (nSPS) is 19.1. The number of aliphatic hydroxyl groups excluding tert-OH is 1. The second-order valence-electron chi connectivity index (χ2n) is 4.74. The third kappa shape index (κ3) is 2.82. The standard InChI is InChI=1S/C12H21N3O/c1-2-15-12(13-9-14-15)8-11(16)7-10-5-3-4-6-10/h9-11,16H,2-8H2,1H3. The lowest BCUT2D eigenvalue weighted by Crippen LogP contribution is -2.18. The van der Waals surface area contributed by atoms with E-state index in [0.29, 0.717) is 6.42 Å². The number of aliphatic hydroxyl groups is 1. The number of hydrogen-bond donors (Lipinski definition) is 1. The number of aryl methyl sites for hydroxylation is 1. The van der Waals surface area contributed by atoms with Crippen LogP contribution in [0.5, 0.6) is 0 Å². The van der Waals surface area contributed by atoms with Crippen molar-refractivity contribution in [2.75, 3.05) is 0 Å². The summed E-state index contributed by atoms with van der Waals surface area (Å²) in [4.78, 5) is 4.19. The summed E-state index contributed by atoms with van der Waals surface area (Å²) in [5.74, 6) is 1.64. The van der Waals surface area contributed by atoms with Crippen LogP contribution in [0.15, 0.2) is 6.33 Å². The first-order valence-electron chi connectivity index (χ1n) is 6.34. The summed E-state index contributed by atoms with van der Waals surface area (Å²) in [6, 6.07) is 0. The third-order valence-corrected chi connectivity index (χ3v) is 3.49. The van der Waals surface area contributed by atoms with E-state index < -0.39 is 0 Å². The lowest BCUT2D eigenvalue weighted by Gasteiger charge is -2.14. The maximum Gasteiger partial charge on any atom is 0.138 e. The van der Waals surface area contributed by atoms with Crippen LogP contribution < -0.4 is 0 Å². The van der Waals surface area contributed by atoms with E-state index in [4.69, 9.17) is 0 Å². The van der Waals surface area contributed by atoms with Crippen LogP contribution in [0, 0.1) is 5.92 Å². The summed E-state index contributed by atoms with van der Waals surface area (Å²) in [6.07, 6.45) is 8.14. The molecule has 1 N–H and O–H groups in total. The van der Waals surface area contributed by atoms with Gasteiger partial charge in [0.15, 0.2) is 0 Å². The number of hydrogen-bond acceptors (Lipinski definition) is 3. The maximum atomic E-state index is 10.0. The van der Waals surface area contributed by atoms with Crippen LogP contribution >= 0.6 is 0 Å². The predicted molar refractivity (Wildman–Crippen MR) is 62.0 cm³/mol. The van der Waals surface area contributed by atoms with E-state index in [1.54, 1.807) is 6.33 Å². The van der Waals surface area contributed by atoms with Gasteiger partial charge >= 0.3 is 0 Å². The molecule has 1 unspecified atom stereocenters. The summed E-state index contributed by atoms with van der Waals surface area (Å²) in [5.41, 5.74) is 0. The van der Waals surface area contributed by atoms with Crippen molar-refractivity contribution in [2.45, 2.75) is 58.1 Å². The Bertz CT molecular complexity index is 318. The highest BCUT2D eigenvalue weighted by Crippen LogP contribution is 2.29. The van der Waals surface area contributed by atoms with E-state index >= 15 is 0 Å². The molecule has 0 radical (unpaired) electrons. The van der Waals surface area contributed by atoms with Gasteiger partial charge in [-0.15, -0.1) is 0 Å². The Morgan fingerprint density at radius 3 is 2.94 bits per heavy atom. The highest BCUT2D eigenvalue weighted by atomic mass is 16.3. The molecule has 1 atom stereocenters. The van der Waals surface area contributed by atoms with Gasteiger partial charge in [0, 0.05) is 13.0 Å². The quantitative estimate of drug-likeness (QED) is 0.828. The minimum atomic E-state index is -0.252. The van der Waals surface area contributed by atoms with Crippen molar-refractivity contribution in [3.05, 3.63) is 12.2 Å². The molecule has 0 aromatic carbocycles. The molecule has 1 fully saturated rings. The largest absolute Gasteiger partial charge is 0.393 e. The Hall–Kier alpha value is -0.900. The Labute approximate surface area is 96.7 Å². The van der Waals surface area contributed by atoms with Gasteiger partial charge in [-0.2, -0.15) is 5.10 Å². The molecule has 1 aromatic rings. The van der Waals surface area contributed by atoms with Crippen molar-refractivity contribution < 1.29 is 5.11 Å². The molecule has 0 amide bonds. The average Bonchev–Trinajstić information content (AvgIpc) is 2.88. The first kappa shape index (κ1) is 11.6. The summed E-state index contributed by atoms with van der Waals surface area (Å²) < 4.78 is 1.86. The Morgan fingerprint density at radius 2 is 2.25 bits per heavy atom. The van der Waals surface area contributed by atoms with Crippen molar-refractivity contribution in [3.8, 4) is 0 Å². The number of nitrogens with zero attached hydrogens (tertiary/aromatic N) is 3.